The molecule has 21 heavy (non-hydrogen) atoms. The minimum atomic E-state index is -0.463. The fraction of sp³-hybridized carbons (Fsp3) is 0.588. The van der Waals surface area contributed by atoms with Gasteiger partial charge in [-0.05, 0) is 42.9 Å². The molecule has 1 fully saturated rings. The Labute approximate surface area is 126 Å². The third-order valence-corrected chi connectivity index (χ3v) is 4.77. The Kier molecular flexibility index (Phi) is 4.56. The molecule has 3 atom stereocenters. The topological polar surface area (TPSA) is 64.3 Å². The number of hydrogen-bond donors (Lipinski definition) is 2. The zero-order chi connectivity index (χ0) is 14.7. The van der Waals surface area contributed by atoms with Crippen LogP contribution in [0.1, 0.15) is 42.9 Å². The SMILES string of the molecule is NCC1CCCCC1NC(=O)C1OCCc2ccccc21. The van der Waals surface area contributed by atoms with Crippen LogP contribution >= 0.6 is 0 Å². The Balaban J connectivity index is 1.71. The van der Waals surface area contributed by atoms with E-state index in [0.29, 0.717) is 19.1 Å². The van der Waals surface area contributed by atoms with Gasteiger partial charge in [0.15, 0.2) is 6.10 Å². The van der Waals surface area contributed by atoms with Gasteiger partial charge in [-0.2, -0.15) is 0 Å². The number of rotatable bonds is 3. The second kappa shape index (κ2) is 6.58. The van der Waals surface area contributed by atoms with Crippen LogP contribution in [0.5, 0.6) is 0 Å². The van der Waals surface area contributed by atoms with Crippen molar-refractivity contribution in [2.45, 2.75) is 44.2 Å². The summed E-state index contributed by atoms with van der Waals surface area (Å²) in [5, 5.41) is 3.19. The summed E-state index contributed by atoms with van der Waals surface area (Å²) in [7, 11) is 0. The molecule has 4 heteroatoms. The first-order chi connectivity index (χ1) is 10.3. The maximum Gasteiger partial charge on any atom is 0.254 e. The highest BCUT2D eigenvalue weighted by Crippen LogP contribution is 2.29. The van der Waals surface area contributed by atoms with Crippen molar-refractivity contribution in [1.29, 1.82) is 0 Å². The molecule has 3 rings (SSSR count). The lowest BCUT2D eigenvalue weighted by Gasteiger charge is -2.33. The van der Waals surface area contributed by atoms with Crippen molar-refractivity contribution >= 4 is 5.91 Å². The normalized spacial score (nSPS) is 28.7. The number of carbonyl (C=O) groups excluding carboxylic acids is 1. The molecule has 0 aromatic heterocycles. The maximum atomic E-state index is 12.6. The Morgan fingerprint density at radius 1 is 1.29 bits per heavy atom. The Bertz CT molecular complexity index is 503. The summed E-state index contributed by atoms with van der Waals surface area (Å²) >= 11 is 0. The highest BCUT2D eigenvalue weighted by molar-refractivity contribution is 5.83. The summed E-state index contributed by atoms with van der Waals surface area (Å²) in [4.78, 5) is 12.6. The molecule has 1 aromatic rings. The molecule has 1 amide bonds. The number of nitrogens with one attached hydrogen (secondary N) is 1. The van der Waals surface area contributed by atoms with E-state index < -0.39 is 6.10 Å². The molecule has 1 aliphatic carbocycles. The molecular formula is C17H24N2O2. The third kappa shape index (κ3) is 3.11. The van der Waals surface area contributed by atoms with Gasteiger partial charge in [-0.1, -0.05) is 37.1 Å². The molecule has 1 heterocycles. The molecule has 0 spiro atoms. The Morgan fingerprint density at radius 3 is 2.95 bits per heavy atom. The van der Waals surface area contributed by atoms with Crippen LogP contribution in [0.3, 0.4) is 0 Å². The first-order valence-electron chi connectivity index (χ1n) is 7.99. The monoisotopic (exact) mass is 288 g/mol. The van der Waals surface area contributed by atoms with Crippen LogP contribution in [-0.2, 0) is 16.0 Å². The van der Waals surface area contributed by atoms with Crippen molar-refractivity contribution in [2.75, 3.05) is 13.2 Å². The molecule has 0 saturated heterocycles. The second-order valence-electron chi connectivity index (χ2n) is 6.09. The minimum Gasteiger partial charge on any atom is -0.363 e. The van der Waals surface area contributed by atoms with Crippen molar-refractivity contribution in [3.8, 4) is 0 Å². The molecule has 1 saturated carbocycles. The van der Waals surface area contributed by atoms with E-state index in [4.69, 9.17) is 10.5 Å². The molecular weight excluding hydrogens is 264 g/mol. The van der Waals surface area contributed by atoms with Crippen molar-refractivity contribution in [2.24, 2.45) is 11.7 Å². The highest BCUT2D eigenvalue weighted by Gasteiger charge is 2.31. The van der Waals surface area contributed by atoms with Crippen molar-refractivity contribution < 1.29 is 9.53 Å². The van der Waals surface area contributed by atoms with Gasteiger partial charge in [0, 0.05) is 6.04 Å². The van der Waals surface area contributed by atoms with Crippen molar-refractivity contribution in [1.82, 2.24) is 5.32 Å². The van der Waals surface area contributed by atoms with E-state index in [1.54, 1.807) is 0 Å². The molecule has 0 bridgehead atoms. The highest BCUT2D eigenvalue weighted by atomic mass is 16.5. The van der Waals surface area contributed by atoms with Gasteiger partial charge in [0.2, 0.25) is 0 Å². The van der Waals surface area contributed by atoms with Crippen LogP contribution in [-0.4, -0.2) is 25.1 Å². The summed E-state index contributed by atoms with van der Waals surface area (Å²) in [5.74, 6) is 0.397. The molecule has 4 nitrogen and oxygen atoms in total. The molecule has 3 N–H and O–H groups in total. The van der Waals surface area contributed by atoms with E-state index in [0.717, 1.165) is 24.8 Å². The van der Waals surface area contributed by atoms with Gasteiger partial charge in [-0.25, -0.2) is 0 Å². The van der Waals surface area contributed by atoms with Crippen LogP contribution in [0, 0.1) is 5.92 Å². The predicted molar refractivity (Wildman–Crippen MR) is 81.8 cm³/mol. The van der Waals surface area contributed by atoms with E-state index >= 15 is 0 Å². The standard InChI is InChI=1S/C17H24N2O2/c18-11-13-6-2-4-8-15(13)19-17(20)16-14-7-3-1-5-12(14)9-10-21-16/h1,3,5,7,13,15-16H,2,4,6,8-11,18H2,(H,19,20). The molecule has 114 valence electrons. The number of nitrogens with two attached hydrogens (primary N) is 1. The summed E-state index contributed by atoms with van der Waals surface area (Å²) in [6.45, 7) is 1.26. The van der Waals surface area contributed by atoms with E-state index in [1.807, 2.05) is 18.2 Å². The third-order valence-electron chi connectivity index (χ3n) is 4.77. The zero-order valence-corrected chi connectivity index (χ0v) is 12.4. The lowest BCUT2D eigenvalue weighted by molar-refractivity contribution is -0.135. The fourth-order valence-electron chi connectivity index (χ4n) is 3.55. The molecule has 2 aliphatic rings. The number of amides is 1. The quantitative estimate of drug-likeness (QED) is 0.893. The Hall–Kier alpha value is -1.39. The first-order valence-corrected chi connectivity index (χ1v) is 7.99. The van der Waals surface area contributed by atoms with Crippen LogP contribution in [0.15, 0.2) is 24.3 Å². The molecule has 3 unspecified atom stereocenters. The van der Waals surface area contributed by atoms with Gasteiger partial charge < -0.3 is 15.8 Å². The van der Waals surface area contributed by atoms with Gasteiger partial charge in [-0.15, -0.1) is 0 Å². The lowest BCUT2D eigenvalue weighted by atomic mass is 9.84. The largest absolute Gasteiger partial charge is 0.363 e. The molecule has 0 radical (unpaired) electrons. The fourth-order valence-corrected chi connectivity index (χ4v) is 3.55. The summed E-state index contributed by atoms with van der Waals surface area (Å²) in [6.07, 6.45) is 4.95. The number of hydrogen-bond acceptors (Lipinski definition) is 3. The lowest BCUT2D eigenvalue weighted by Crippen LogP contribution is -2.47. The van der Waals surface area contributed by atoms with Crippen LogP contribution in [0.2, 0.25) is 0 Å². The number of fused-ring (bicyclic) bond motifs is 1. The summed E-state index contributed by atoms with van der Waals surface area (Å²) in [6, 6.07) is 8.28. The van der Waals surface area contributed by atoms with Gasteiger partial charge >= 0.3 is 0 Å². The van der Waals surface area contributed by atoms with Gasteiger partial charge in [0.1, 0.15) is 0 Å². The van der Waals surface area contributed by atoms with Crippen molar-refractivity contribution in [3.63, 3.8) is 0 Å². The summed E-state index contributed by atoms with van der Waals surface area (Å²) < 4.78 is 5.73. The van der Waals surface area contributed by atoms with Crippen LogP contribution in [0.25, 0.3) is 0 Å². The van der Waals surface area contributed by atoms with E-state index in [2.05, 4.69) is 11.4 Å². The number of carbonyl (C=O) groups is 1. The zero-order valence-electron chi connectivity index (χ0n) is 12.4. The maximum absolute atomic E-state index is 12.6. The predicted octanol–water partition coefficient (Wildman–Crippen LogP) is 1.93. The van der Waals surface area contributed by atoms with Crippen molar-refractivity contribution in [3.05, 3.63) is 35.4 Å². The average molecular weight is 288 g/mol. The van der Waals surface area contributed by atoms with E-state index in [9.17, 15) is 4.79 Å². The number of benzene rings is 1. The summed E-state index contributed by atoms with van der Waals surface area (Å²) in [5.41, 5.74) is 8.08. The average Bonchev–Trinajstić information content (AvgIpc) is 2.54. The smallest absolute Gasteiger partial charge is 0.254 e. The van der Waals surface area contributed by atoms with E-state index in [-0.39, 0.29) is 11.9 Å². The second-order valence-corrected chi connectivity index (χ2v) is 6.09. The first kappa shape index (κ1) is 14.5. The molecule has 1 aromatic carbocycles. The van der Waals surface area contributed by atoms with E-state index in [1.165, 1.54) is 18.4 Å². The number of ether oxygens (including phenoxy) is 1. The van der Waals surface area contributed by atoms with Gasteiger partial charge in [-0.3, -0.25) is 4.79 Å². The van der Waals surface area contributed by atoms with Crippen LogP contribution < -0.4 is 11.1 Å². The Morgan fingerprint density at radius 2 is 2.10 bits per heavy atom. The van der Waals surface area contributed by atoms with Gasteiger partial charge in [0.05, 0.1) is 6.61 Å². The van der Waals surface area contributed by atoms with Gasteiger partial charge in [0.25, 0.3) is 5.91 Å². The van der Waals surface area contributed by atoms with Crippen LogP contribution in [0.4, 0.5) is 0 Å². The molecule has 1 aliphatic heterocycles. The minimum absolute atomic E-state index is 0.00694.